The zero-order valence-corrected chi connectivity index (χ0v) is 16.9. The van der Waals surface area contributed by atoms with Crippen LogP contribution < -0.4 is 0 Å². The van der Waals surface area contributed by atoms with Crippen molar-refractivity contribution in [2.24, 2.45) is 0 Å². The molecule has 2 rings (SSSR count). The molecule has 0 bridgehead atoms. The first-order valence-electron chi connectivity index (χ1n) is 7.14. The minimum Gasteiger partial charge on any atom is -0.127 e. The van der Waals surface area contributed by atoms with E-state index in [1.54, 1.807) is 0 Å². The normalized spacial score (nSPS) is 12.8. The Hall–Kier alpha value is 0.360. The summed E-state index contributed by atoms with van der Waals surface area (Å²) in [6.07, 6.45) is 4.88. The fourth-order valence-corrected chi connectivity index (χ4v) is 6.00. The van der Waals surface area contributed by atoms with Gasteiger partial charge in [-0.25, -0.2) is 0 Å². The smallest absolute Gasteiger partial charge is 0.0740 e. The number of rotatable bonds is 6. The Labute approximate surface area is 146 Å². The highest BCUT2D eigenvalue weighted by atomic mass is 79.9. The Kier molecular flexibility index (Phi) is 6.33. The van der Waals surface area contributed by atoms with E-state index < -0.39 is 0 Å². The molecule has 2 heterocycles. The van der Waals surface area contributed by atoms with E-state index in [1.165, 1.54) is 54.1 Å². The van der Waals surface area contributed by atoms with E-state index >= 15 is 0 Å². The molecule has 1 atom stereocenters. The van der Waals surface area contributed by atoms with E-state index in [0.717, 1.165) is 0 Å². The van der Waals surface area contributed by atoms with Gasteiger partial charge in [-0.3, -0.25) is 0 Å². The minimum atomic E-state index is 0.623. The van der Waals surface area contributed by atoms with E-state index in [0.29, 0.717) is 5.92 Å². The minimum absolute atomic E-state index is 0.623. The quantitative estimate of drug-likeness (QED) is 0.433. The monoisotopic (exact) mass is 434 g/mol. The first kappa shape index (κ1) is 16.7. The summed E-state index contributed by atoms with van der Waals surface area (Å²) < 4.78 is 2.59. The summed E-state index contributed by atoms with van der Waals surface area (Å²) in [6, 6.07) is 4.73. The molecule has 0 N–H and O–H groups in total. The van der Waals surface area contributed by atoms with Crippen LogP contribution in [0.1, 0.15) is 57.1 Å². The molecule has 0 aliphatic rings. The van der Waals surface area contributed by atoms with Crippen LogP contribution in [0.2, 0.25) is 0 Å². The number of unbranched alkanes of at least 4 members (excludes halogenated alkanes) is 1. The van der Waals surface area contributed by atoms with Crippen molar-refractivity contribution in [2.45, 2.75) is 52.4 Å². The molecule has 0 fully saturated rings. The fourth-order valence-electron chi connectivity index (χ4n) is 2.13. The van der Waals surface area contributed by atoms with Crippen molar-refractivity contribution in [1.29, 1.82) is 0 Å². The standard InChI is InChI=1S/C16H20Br2S2/c1-4-6-7-11-8-13(19-15(11)17)14-9-12(10(3)5-2)16(18)20-14/h8-10H,4-7H2,1-3H3. The van der Waals surface area contributed by atoms with Gasteiger partial charge in [-0.1, -0.05) is 27.2 Å². The molecule has 2 aromatic rings. The van der Waals surface area contributed by atoms with Crippen LogP contribution in [0.15, 0.2) is 19.7 Å². The second kappa shape index (κ2) is 7.57. The van der Waals surface area contributed by atoms with E-state index in [4.69, 9.17) is 0 Å². The van der Waals surface area contributed by atoms with Gasteiger partial charge in [-0.15, -0.1) is 22.7 Å². The number of hydrogen-bond acceptors (Lipinski definition) is 2. The third-order valence-corrected chi connectivity index (χ3v) is 7.70. The molecule has 110 valence electrons. The maximum Gasteiger partial charge on any atom is 0.0740 e. The van der Waals surface area contributed by atoms with Crippen molar-refractivity contribution >= 4 is 54.5 Å². The average molecular weight is 436 g/mol. The zero-order valence-electron chi connectivity index (χ0n) is 12.1. The highest BCUT2D eigenvalue weighted by Gasteiger charge is 2.15. The first-order valence-corrected chi connectivity index (χ1v) is 10.4. The molecule has 0 saturated carbocycles. The van der Waals surface area contributed by atoms with Gasteiger partial charge in [-0.2, -0.15) is 0 Å². The Morgan fingerprint density at radius 2 is 1.70 bits per heavy atom. The van der Waals surface area contributed by atoms with E-state index in [-0.39, 0.29) is 0 Å². The van der Waals surface area contributed by atoms with Crippen LogP contribution in [-0.4, -0.2) is 0 Å². The van der Waals surface area contributed by atoms with Crippen LogP contribution in [0, 0.1) is 0 Å². The predicted molar refractivity (Wildman–Crippen MR) is 100 cm³/mol. The number of thiophene rings is 2. The maximum absolute atomic E-state index is 3.73. The molecular weight excluding hydrogens is 416 g/mol. The molecule has 2 aromatic heterocycles. The van der Waals surface area contributed by atoms with Gasteiger partial charge in [0.15, 0.2) is 0 Å². The van der Waals surface area contributed by atoms with Crippen molar-refractivity contribution in [3.63, 3.8) is 0 Å². The maximum atomic E-state index is 3.73. The number of halogens is 2. The van der Waals surface area contributed by atoms with Crippen molar-refractivity contribution in [2.75, 3.05) is 0 Å². The number of aryl methyl sites for hydroxylation is 1. The molecule has 20 heavy (non-hydrogen) atoms. The summed E-state index contributed by atoms with van der Waals surface area (Å²) in [7, 11) is 0. The summed E-state index contributed by atoms with van der Waals surface area (Å²) in [5.74, 6) is 0.623. The van der Waals surface area contributed by atoms with Crippen LogP contribution in [0.4, 0.5) is 0 Å². The summed E-state index contributed by atoms with van der Waals surface area (Å²) in [5.41, 5.74) is 2.91. The van der Waals surface area contributed by atoms with Gasteiger partial charge >= 0.3 is 0 Å². The third kappa shape index (κ3) is 3.76. The lowest BCUT2D eigenvalue weighted by atomic mass is 10.0. The number of hydrogen-bond donors (Lipinski definition) is 0. The Morgan fingerprint density at radius 1 is 1.05 bits per heavy atom. The van der Waals surface area contributed by atoms with Gasteiger partial charge in [0, 0.05) is 9.75 Å². The summed E-state index contributed by atoms with van der Waals surface area (Å²) >= 11 is 11.2. The molecular formula is C16H20Br2S2. The lowest BCUT2D eigenvalue weighted by Gasteiger charge is -2.05. The van der Waals surface area contributed by atoms with E-state index in [2.05, 4.69) is 64.8 Å². The van der Waals surface area contributed by atoms with Gasteiger partial charge < -0.3 is 0 Å². The topological polar surface area (TPSA) is 0 Å². The van der Waals surface area contributed by atoms with Crippen LogP contribution in [0.5, 0.6) is 0 Å². The average Bonchev–Trinajstić information content (AvgIpc) is 2.99. The van der Waals surface area contributed by atoms with Gasteiger partial charge in [-0.05, 0) is 80.3 Å². The van der Waals surface area contributed by atoms with Gasteiger partial charge in [0.1, 0.15) is 0 Å². The molecule has 0 aliphatic heterocycles. The summed E-state index contributed by atoms with van der Waals surface area (Å²) in [6.45, 7) is 6.79. The largest absolute Gasteiger partial charge is 0.127 e. The highest BCUT2D eigenvalue weighted by Crippen LogP contribution is 2.44. The first-order chi connectivity index (χ1) is 9.56. The molecule has 0 spiro atoms. The summed E-state index contributed by atoms with van der Waals surface area (Å²) in [4.78, 5) is 2.78. The van der Waals surface area contributed by atoms with Crippen LogP contribution >= 0.6 is 54.5 Å². The molecule has 0 aromatic carbocycles. The van der Waals surface area contributed by atoms with Gasteiger partial charge in [0.25, 0.3) is 0 Å². The lowest BCUT2D eigenvalue weighted by Crippen LogP contribution is -1.88. The lowest BCUT2D eigenvalue weighted by molar-refractivity contribution is 0.734. The Bertz CT molecular complexity index is 569. The molecule has 0 aliphatic carbocycles. The molecule has 4 heteroatoms. The molecule has 1 unspecified atom stereocenters. The van der Waals surface area contributed by atoms with Crippen molar-refractivity contribution in [3.05, 3.63) is 30.8 Å². The van der Waals surface area contributed by atoms with E-state index in [1.807, 2.05) is 22.7 Å². The van der Waals surface area contributed by atoms with Crippen molar-refractivity contribution in [3.8, 4) is 9.75 Å². The SMILES string of the molecule is CCCCc1cc(-c2cc(C(C)CC)c(Br)s2)sc1Br. The molecule has 0 saturated heterocycles. The second-order valence-corrected chi connectivity index (χ2v) is 9.90. The van der Waals surface area contributed by atoms with Crippen molar-refractivity contribution < 1.29 is 0 Å². The predicted octanol–water partition coefficient (Wildman–Crippen LogP) is 7.86. The van der Waals surface area contributed by atoms with Crippen LogP contribution in [0.25, 0.3) is 9.75 Å². The fraction of sp³-hybridized carbons (Fsp3) is 0.500. The van der Waals surface area contributed by atoms with Gasteiger partial charge in [0.2, 0.25) is 0 Å². The molecule has 0 radical (unpaired) electrons. The third-order valence-electron chi connectivity index (χ3n) is 3.66. The second-order valence-electron chi connectivity index (χ2n) is 5.16. The molecule has 0 nitrogen and oxygen atoms in total. The van der Waals surface area contributed by atoms with Crippen LogP contribution in [0.3, 0.4) is 0 Å². The Balaban J connectivity index is 2.28. The Morgan fingerprint density at radius 3 is 2.35 bits per heavy atom. The van der Waals surface area contributed by atoms with Crippen molar-refractivity contribution in [1.82, 2.24) is 0 Å². The van der Waals surface area contributed by atoms with Gasteiger partial charge in [0.05, 0.1) is 7.57 Å². The zero-order chi connectivity index (χ0) is 14.7. The van der Waals surface area contributed by atoms with Crippen LogP contribution in [-0.2, 0) is 6.42 Å². The highest BCUT2D eigenvalue weighted by molar-refractivity contribution is 9.11. The van der Waals surface area contributed by atoms with E-state index in [9.17, 15) is 0 Å². The molecule has 0 amide bonds. The summed E-state index contributed by atoms with van der Waals surface area (Å²) in [5, 5.41) is 0.